The minimum absolute atomic E-state index is 0.752. The summed E-state index contributed by atoms with van der Waals surface area (Å²) in [4.78, 5) is 4.19. The average Bonchev–Trinajstić information content (AvgIpc) is 2.75. The lowest BCUT2D eigenvalue weighted by atomic mass is 10.0. The Morgan fingerprint density at radius 3 is 2.75 bits per heavy atom. The predicted octanol–water partition coefficient (Wildman–Crippen LogP) is 1.19. The first kappa shape index (κ1) is 10.7. The highest BCUT2D eigenvalue weighted by Gasteiger charge is 2.02. The summed E-state index contributed by atoms with van der Waals surface area (Å²) in [7, 11) is 0. The van der Waals surface area contributed by atoms with Crippen molar-refractivity contribution in [2.45, 2.75) is 13.8 Å². The molecule has 1 aliphatic heterocycles. The van der Waals surface area contributed by atoms with E-state index in [2.05, 4.69) is 52.9 Å². The third-order valence-corrected chi connectivity index (χ3v) is 2.58. The van der Waals surface area contributed by atoms with E-state index >= 15 is 0 Å². The molecular formula is C12H16N4. The third kappa shape index (κ3) is 2.39. The molecule has 0 fully saturated rings. The summed E-state index contributed by atoms with van der Waals surface area (Å²) in [5.41, 5.74) is 6.51. The van der Waals surface area contributed by atoms with Crippen molar-refractivity contribution >= 4 is 12.2 Å². The van der Waals surface area contributed by atoms with Crippen LogP contribution in [0.5, 0.6) is 0 Å². The van der Waals surface area contributed by atoms with Crippen LogP contribution in [-0.4, -0.2) is 25.3 Å². The second kappa shape index (κ2) is 4.79. The second-order valence-corrected chi connectivity index (χ2v) is 3.83. The van der Waals surface area contributed by atoms with Gasteiger partial charge in [-0.15, -0.1) is 0 Å². The van der Waals surface area contributed by atoms with Crippen LogP contribution in [0.4, 0.5) is 0 Å². The summed E-state index contributed by atoms with van der Waals surface area (Å²) in [6.45, 7) is 5.88. The Morgan fingerprint density at radius 1 is 1.38 bits per heavy atom. The molecule has 1 aliphatic rings. The first-order chi connectivity index (χ1) is 7.77. The Morgan fingerprint density at radius 2 is 2.12 bits per heavy atom. The zero-order valence-electron chi connectivity index (χ0n) is 9.62. The molecular weight excluding hydrogens is 200 g/mol. The maximum absolute atomic E-state index is 4.19. The molecule has 2 N–H and O–H groups in total. The summed E-state index contributed by atoms with van der Waals surface area (Å²) >= 11 is 0. The van der Waals surface area contributed by atoms with E-state index in [0.29, 0.717) is 0 Å². The highest BCUT2D eigenvalue weighted by Crippen LogP contribution is 2.09. The van der Waals surface area contributed by atoms with Gasteiger partial charge in [0.15, 0.2) is 0 Å². The normalized spacial score (nSPS) is 15.0. The van der Waals surface area contributed by atoms with E-state index in [1.165, 1.54) is 11.1 Å². The molecule has 1 heterocycles. The summed E-state index contributed by atoms with van der Waals surface area (Å²) in [6, 6.07) is 6.22. The van der Waals surface area contributed by atoms with Crippen LogP contribution < -0.4 is 10.7 Å². The number of benzene rings is 1. The molecule has 0 spiro atoms. The fourth-order valence-corrected chi connectivity index (χ4v) is 1.66. The minimum atomic E-state index is 0.752. The van der Waals surface area contributed by atoms with Crippen LogP contribution in [0.3, 0.4) is 0 Å². The number of rotatable bonds is 2. The Bertz CT molecular complexity index is 414. The van der Waals surface area contributed by atoms with Crippen molar-refractivity contribution in [1.29, 1.82) is 0 Å². The number of hydrogen-bond donors (Lipinski definition) is 2. The molecule has 16 heavy (non-hydrogen) atoms. The van der Waals surface area contributed by atoms with Crippen LogP contribution in [0, 0.1) is 13.8 Å². The van der Waals surface area contributed by atoms with Gasteiger partial charge in [-0.3, -0.25) is 0 Å². The molecule has 0 atom stereocenters. The molecule has 0 bridgehead atoms. The van der Waals surface area contributed by atoms with Gasteiger partial charge in [-0.2, -0.15) is 5.10 Å². The SMILES string of the molecule is Cc1cccc(C)c1/C=N/NC1=NCCN1. The lowest BCUT2D eigenvalue weighted by Crippen LogP contribution is -2.30. The quantitative estimate of drug-likeness (QED) is 0.576. The minimum Gasteiger partial charge on any atom is -0.353 e. The zero-order valence-corrected chi connectivity index (χ0v) is 9.62. The van der Waals surface area contributed by atoms with Gasteiger partial charge in [0.05, 0.1) is 12.8 Å². The van der Waals surface area contributed by atoms with Gasteiger partial charge in [0.1, 0.15) is 0 Å². The van der Waals surface area contributed by atoms with Gasteiger partial charge in [-0.25, -0.2) is 10.4 Å². The standard InChI is InChI=1S/C12H16N4/c1-9-4-3-5-10(2)11(9)8-15-16-12-13-6-7-14-12/h3-5,8H,6-7H2,1-2H3,(H2,13,14,16)/b15-8+. The Kier molecular flexibility index (Phi) is 3.19. The van der Waals surface area contributed by atoms with E-state index in [9.17, 15) is 0 Å². The van der Waals surface area contributed by atoms with Crippen LogP contribution >= 0.6 is 0 Å². The predicted molar refractivity (Wildman–Crippen MR) is 67.0 cm³/mol. The molecule has 84 valence electrons. The van der Waals surface area contributed by atoms with Crippen molar-refractivity contribution in [1.82, 2.24) is 10.7 Å². The molecule has 0 saturated carbocycles. The molecule has 0 aromatic heterocycles. The largest absolute Gasteiger partial charge is 0.353 e. The number of nitrogens with one attached hydrogen (secondary N) is 2. The number of hydrazone groups is 1. The topological polar surface area (TPSA) is 48.8 Å². The number of hydrogen-bond acceptors (Lipinski definition) is 4. The van der Waals surface area contributed by atoms with Crippen molar-refractivity contribution in [3.63, 3.8) is 0 Å². The summed E-state index contributed by atoms with van der Waals surface area (Å²) in [5, 5.41) is 7.27. The van der Waals surface area contributed by atoms with Gasteiger partial charge < -0.3 is 5.32 Å². The maximum atomic E-state index is 4.19. The molecule has 0 aliphatic carbocycles. The third-order valence-electron chi connectivity index (χ3n) is 2.58. The fourth-order valence-electron chi connectivity index (χ4n) is 1.66. The van der Waals surface area contributed by atoms with Crippen molar-refractivity contribution in [2.24, 2.45) is 10.1 Å². The van der Waals surface area contributed by atoms with E-state index in [0.717, 1.165) is 24.6 Å². The smallest absolute Gasteiger partial charge is 0.212 e. The van der Waals surface area contributed by atoms with E-state index in [1.807, 2.05) is 6.21 Å². The van der Waals surface area contributed by atoms with Crippen LogP contribution in [0.2, 0.25) is 0 Å². The Hall–Kier alpha value is -1.84. The Labute approximate surface area is 95.5 Å². The first-order valence-electron chi connectivity index (χ1n) is 5.41. The molecule has 0 radical (unpaired) electrons. The molecule has 0 saturated heterocycles. The van der Waals surface area contributed by atoms with Crippen LogP contribution in [-0.2, 0) is 0 Å². The van der Waals surface area contributed by atoms with Crippen LogP contribution in [0.1, 0.15) is 16.7 Å². The number of aliphatic imine (C=N–C) groups is 1. The molecule has 4 heteroatoms. The summed E-state index contributed by atoms with van der Waals surface area (Å²) in [6.07, 6.45) is 1.84. The van der Waals surface area contributed by atoms with Gasteiger partial charge in [0, 0.05) is 12.1 Å². The maximum Gasteiger partial charge on any atom is 0.212 e. The monoisotopic (exact) mass is 216 g/mol. The highest BCUT2D eigenvalue weighted by molar-refractivity contribution is 5.86. The number of nitrogens with zero attached hydrogens (tertiary/aromatic N) is 2. The Balaban J connectivity index is 2.05. The lowest BCUT2D eigenvalue weighted by molar-refractivity contribution is 0.919. The molecule has 1 aromatic carbocycles. The molecule has 4 nitrogen and oxygen atoms in total. The molecule has 0 amide bonds. The van der Waals surface area contributed by atoms with Crippen molar-refractivity contribution in [3.8, 4) is 0 Å². The first-order valence-corrected chi connectivity index (χ1v) is 5.41. The van der Waals surface area contributed by atoms with E-state index in [-0.39, 0.29) is 0 Å². The van der Waals surface area contributed by atoms with Gasteiger partial charge in [0.2, 0.25) is 5.96 Å². The van der Waals surface area contributed by atoms with Gasteiger partial charge in [0.25, 0.3) is 0 Å². The van der Waals surface area contributed by atoms with Crippen molar-refractivity contribution in [3.05, 3.63) is 34.9 Å². The van der Waals surface area contributed by atoms with E-state index in [1.54, 1.807) is 0 Å². The van der Waals surface area contributed by atoms with Crippen molar-refractivity contribution in [2.75, 3.05) is 13.1 Å². The number of guanidine groups is 1. The summed E-state index contributed by atoms with van der Waals surface area (Å²) in [5.74, 6) is 0.752. The van der Waals surface area contributed by atoms with Gasteiger partial charge in [-0.1, -0.05) is 18.2 Å². The number of aryl methyl sites for hydroxylation is 2. The zero-order chi connectivity index (χ0) is 11.4. The van der Waals surface area contributed by atoms with Crippen molar-refractivity contribution < 1.29 is 0 Å². The average molecular weight is 216 g/mol. The second-order valence-electron chi connectivity index (χ2n) is 3.83. The fraction of sp³-hybridized carbons (Fsp3) is 0.333. The highest BCUT2D eigenvalue weighted by atomic mass is 15.4. The van der Waals surface area contributed by atoms with Gasteiger partial charge in [-0.05, 0) is 25.0 Å². The van der Waals surface area contributed by atoms with E-state index in [4.69, 9.17) is 0 Å². The molecule has 1 aromatic rings. The molecule has 0 unspecified atom stereocenters. The lowest BCUT2D eigenvalue weighted by Gasteiger charge is -2.04. The molecule has 2 rings (SSSR count). The van der Waals surface area contributed by atoms with Gasteiger partial charge >= 0.3 is 0 Å². The summed E-state index contributed by atoms with van der Waals surface area (Å²) < 4.78 is 0. The van der Waals surface area contributed by atoms with E-state index < -0.39 is 0 Å². The van der Waals surface area contributed by atoms with Crippen LogP contribution in [0.25, 0.3) is 0 Å². The van der Waals surface area contributed by atoms with Crippen LogP contribution in [0.15, 0.2) is 28.3 Å².